The maximum absolute atomic E-state index is 12.0. The summed E-state index contributed by atoms with van der Waals surface area (Å²) in [5, 5.41) is 10.4. The molecule has 1 N–H and O–H groups in total. The standard InChI is InChI=1S/C22H15N3O/c1-14-10-19(20(12-23)22(26)25-14)16-8-6-15(7-9-16)18-11-17-4-2-3-5-21(17)24-13-18/h2-11,13H,1H3,(H,25,26). The van der Waals surface area contributed by atoms with Gasteiger partial charge in [0.2, 0.25) is 0 Å². The topological polar surface area (TPSA) is 69.5 Å². The molecule has 4 rings (SSSR count). The number of nitrogens with one attached hydrogen (secondary N) is 1. The summed E-state index contributed by atoms with van der Waals surface area (Å²) in [6.45, 7) is 1.81. The van der Waals surface area contributed by atoms with Crippen LogP contribution in [0.2, 0.25) is 0 Å². The average molecular weight is 337 g/mol. The van der Waals surface area contributed by atoms with Gasteiger partial charge in [-0.1, -0.05) is 42.5 Å². The molecule has 0 amide bonds. The number of para-hydroxylation sites is 1. The van der Waals surface area contributed by atoms with Crippen LogP contribution in [0.4, 0.5) is 0 Å². The van der Waals surface area contributed by atoms with Gasteiger partial charge < -0.3 is 4.98 Å². The Bertz CT molecular complexity index is 1210. The molecular weight excluding hydrogens is 322 g/mol. The summed E-state index contributed by atoms with van der Waals surface area (Å²) in [4.78, 5) is 19.2. The number of nitrogens with zero attached hydrogens (tertiary/aromatic N) is 2. The molecule has 4 heteroatoms. The molecule has 2 heterocycles. The van der Waals surface area contributed by atoms with Gasteiger partial charge in [0.15, 0.2) is 0 Å². The molecule has 0 spiro atoms. The fraction of sp³-hybridized carbons (Fsp3) is 0.0455. The quantitative estimate of drug-likeness (QED) is 0.588. The third kappa shape index (κ3) is 2.76. The monoisotopic (exact) mass is 337 g/mol. The Labute approximate surface area is 150 Å². The fourth-order valence-electron chi connectivity index (χ4n) is 3.10. The van der Waals surface area contributed by atoms with Gasteiger partial charge in [-0.05, 0) is 36.2 Å². The summed E-state index contributed by atoms with van der Waals surface area (Å²) in [5.74, 6) is 0. The van der Waals surface area contributed by atoms with Crippen molar-refractivity contribution in [1.29, 1.82) is 5.26 Å². The van der Waals surface area contributed by atoms with Crippen molar-refractivity contribution in [2.45, 2.75) is 6.92 Å². The predicted octanol–water partition coefficient (Wildman–Crippen LogP) is 4.44. The van der Waals surface area contributed by atoms with Crippen LogP contribution in [-0.4, -0.2) is 9.97 Å². The molecule has 0 aliphatic rings. The molecule has 124 valence electrons. The van der Waals surface area contributed by atoms with Gasteiger partial charge in [0, 0.05) is 28.4 Å². The zero-order chi connectivity index (χ0) is 18.1. The molecule has 0 radical (unpaired) electrons. The second-order valence-corrected chi connectivity index (χ2v) is 6.18. The van der Waals surface area contributed by atoms with E-state index in [1.165, 1.54) is 0 Å². The number of nitriles is 1. The Hall–Kier alpha value is -3.71. The van der Waals surface area contributed by atoms with E-state index >= 15 is 0 Å². The number of pyridine rings is 2. The number of aromatic nitrogens is 2. The number of aryl methyl sites for hydroxylation is 1. The first kappa shape index (κ1) is 15.8. The van der Waals surface area contributed by atoms with Crippen LogP contribution in [0.25, 0.3) is 33.2 Å². The van der Waals surface area contributed by atoms with Gasteiger partial charge in [0.05, 0.1) is 5.52 Å². The van der Waals surface area contributed by atoms with Gasteiger partial charge >= 0.3 is 0 Å². The molecule has 0 unspecified atom stereocenters. The largest absolute Gasteiger partial charge is 0.325 e. The van der Waals surface area contributed by atoms with Crippen molar-refractivity contribution in [3.63, 3.8) is 0 Å². The Morgan fingerprint density at radius 2 is 1.69 bits per heavy atom. The zero-order valence-corrected chi connectivity index (χ0v) is 14.2. The molecule has 0 aliphatic heterocycles. The Morgan fingerprint density at radius 1 is 0.962 bits per heavy atom. The highest BCUT2D eigenvalue weighted by atomic mass is 16.1. The molecule has 0 atom stereocenters. The Kier molecular flexibility index (Phi) is 3.83. The number of fused-ring (bicyclic) bond motifs is 1. The first-order valence-corrected chi connectivity index (χ1v) is 8.25. The maximum atomic E-state index is 12.0. The lowest BCUT2D eigenvalue weighted by Gasteiger charge is -2.08. The number of rotatable bonds is 2. The molecule has 26 heavy (non-hydrogen) atoms. The highest BCUT2D eigenvalue weighted by molar-refractivity contribution is 5.84. The number of hydrogen-bond donors (Lipinski definition) is 1. The lowest BCUT2D eigenvalue weighted by molar-refractivity contribution is 1.13. The smallest absolute Gasteiger partial charge is 0.266 e. The van der Waals surface area contributed by atoms with Crippen molar-refractivity contribution in [1.82, 2.24) is 9.97 Å². The third-order valence-corrected chi connectivity index (χ3v) is 4.40. The molecule has 2 aromatic carbocycles. The van der Waals surface area contributed by atoms with Gasteiger partial charge in [-0.15, -0.1) is 0 Å². The number of hydrogen-bond acceptors (Lipinski definition) is 3. The lowest BCUT2D eigenvalue weighted by atomic mass is 9.98. The van der Waals surface area contributed by atoms with Crippen molar-refractivity contribution in [3.05, 3.63) is 88.5 Å². The Balaban J connectivity index is 1.78. The molecule has 2 aromatic heterocycles. The van der Waals surface area contributed by atoms with Gasteiger partial charge in [-0.25, -0.2) is 0 Å². The highest BCUT2D eigenvalue weighted by Crippen LogP contribution is 2.27. The summed E-state index contributed by atoms with van der Waals surface area (Å²) < 4.78 is 0. The minimum atomic E-state index is -0.356. The van der Waals surface area contributed by atoms with Crippen LogP contribution in [0.5, 0.6) is 0 Å². The van der Waals surface area contributed by atoms with Crippen molar-refractivity contribution in [3.8, 4) is 28.3 Å². The average Bonchev–Trinajstić information content (AvgIpc) is 2.67. The van der Waals surface area contributed by atoms with Gasteiger partial charge in [-0.2, -0.15) is 5.26 Å². The second-order valence-electron chi connectivity index (χ2n) is 6.18. The van der Waals surface area contributed by atoms with Crippen molar-refractivity contribution in [2.24, 2.45) is 0 Å². The second kappa shape index (κ2) is 6.30. The first-order chi connectivity index (χ1) is 12.7. The van der Waals surface area contributed by atoms with E-state index in [9.17, 15) is 10.1 Å². The van der Waals surface area contributed by atoms with E-state index in [4.69, 9.17) is 0 Å². The SMILES string of the molecule is Cc1cc(-c2ccc(-c3cnc4ccccc4c3)cc2)c(C#N)c(=O)[nH]1. The number of aromatic amines is 1. The summed E-state index contributed by atoms with van der Waals surface area (Å²) >= 11 is 0. The van der Waals surface area contributed by atoms with E-state index in [2.05, 4.69) is 16.0 Å². The zero-order valence-electron chi connectivity index (χ0n) is 14.2. The molecular formula is C22H15N3O. The van der Waals surface area contributed by atoms with Crippen molar-refractivity contribution in [2.75, 3.05) is 0 Å². The normalized spacial score (nSPS) is 10.6. The molecule has 0 saturated heterocycles. The Morgan fingerprint density at radius 3 is 2.46 bits per heavy atom. The van der Waals surface area contributed by atoms with E-state index < -0.39 is 0 Å². The summed E-state index contributed by atoms with van der Waals surface area (Å²) in [6.07, 6.45) is 1.86. The molecule has 4 aromatic rings. The fourth-order valence-corrected chi connectivity index (χ4v) is 3.10. The van der Waals surface area contributed by atoms with Crippen LogP contribution < -0.4 is 5.56 Å². The maximum Gasteiger partial charge on any atom is 0.266 e. The van der Waals surface area contributed by atoms with Gasteiger partial charge in [0.25, 0.3) is 5.56 Å². The third-order valence-electron chi connectivity index (χ3n) is 4.40. The van der Waals surface area contributed by atoms with E-state index in [1.807, 2.05) is 66.9 Å². The highest BCUT2D eigenvalue weighted by Gasteiger charge is 2.10. The summed E-state index contributed by atoms with van der Waals surface area (Å²) in [5.41, 5.74) is 5.02. The van der Waals surface area contributed by atoms with Crippen LogP contribution in [-0.2, 0) is 0 Å². The number of H-pyrrole nitrogens is 1. The van der Waals surface area contributed by atoms with E-state index in [0.29, 0.717) is 5.56 Å². The predicted molar refractivity (Wildman–Crippen MR) is 103 cm³/mol. The lowest BCUT2D eigenvalue weighted by Crippen LogP contribution is -2.12. The van der Waals surface area contributed by atoms with Crippen LogP contribution in [0.3, 0.4) is 0 Å². The van der Waals surface area contributed by atoms with Crippen LogP contribution in [0.1, 0.15) is 11.3 Å². The number of benzene rings is 2. The van der Waals surface area contributed by atoms with Crippen molar-refractivity contribution >= 4 is 10.9 Å². The molecule has 0 aliphatic carbocycles. The minimum Gasteiger partial charge on any atom is -0.325 e. The van der Waals surface area contributed by atoms with Crippen LogP contribution in [0, 0.1) is 18.3 Å². The van der Waals surface area contributed by atoms with Crippen molar-refractivity contribution < 1.29 is 0 Å². The van der Waals surface area contributed by atoms with E-state index in [0.717, 1.165) is 33.3 Å². The first-order valence-electron chi connectivity index (χ1n) is 8.25. The van der Waals surface area contributed by atoms with Crippen LogP contribution >= 0.6 is 0 Å². The van der Waals surface area contributed by atoms with Gasteiger partial charge in [0.1, 0.15) is 11.6 Å². The molecule has 0 fully saturated rings. The molecule has 0 bridgehead atoms. The van der Waals surface area contributed by atoms with E-state index in [-0.39, 0.29) is 11.1 Å². The molecule has 0 saturated carbocycles. The van der Waals surface area contributed by atoms with Crippen LogP contribution in [0.15, 0.2) is 71.7 Å². The summed E-state index contributed by atoms with van der Waals surface area (Å²) in [7, 11) is 0. The minimum absolute atomic E-state index is 0.135. The van der Waals surface area contributed by atoms with Gasteiger partial charge in [-0.3, -0.25) is 9.78 Å². The molecule has 4 nitrogen and oxygen atoms in total. The summed E-state index contributed by atoms with van der Waals surface area (Å²) in [6, 6.07) is 21.8. The van der Waals surface area contributed by atoms with E-state index in [1.54, 1.807) is 6.92 Å².